The molecular formula is C24H24N6O2. The highest BCUT2D eigenvalue weighted by atomic mass is 16.4. The number of carboxylic acids is 1. The maximum atomic E-state index is 11.7. The number of nitrogens with zero attached hydrogens (tertiary/aromatic N) is 5. The number of aromatic nitrogens is 3. The summed E-state index contributed by atoms with van der Waals surface area (Å²) in [7, 11) is 2.15. The van der Waals surface area contributed by atoms with Crippen molar-refractivity contribution in [2.24, 2.45) is 0 Å². The van der Waals surface area contributed by atoms with E-state index in [9.17, 15) is 9.90 Å². The Morgan fingerprint density at radius 1 is 0.969 bits per heavy atom. The van der Waals surface area contributed by atoms with Gasteiger partial charge in [-0.3, -0.25) is 0 Å². The quantitative estimate of drug-likeness (QED) is 0.502. The first kappa shape index (κ1) is 20.0. The minimum Gasteiger partial charge on any atom is -0.478 e. The molecule has 5 rings (SSSR count). The summed E-state index contributed by atoms with van der Waals surface area (Å²) >= 11 is 0. The highest BCUT2D eigenvalue weighted by molar-refractivity contribution is 5.95. The van der Waals surface area contributed by atoms with Gasteiger partial charge < -0.3 is 20.2 Å². The van der Waals surface area contributed by atoms with Gasteiger partial charge in [0.05, 0.1) is 23.0 Å². The topological polar surface area (TPSA) is 86.0 Å². The lowest BCUT2D eigenvalue weighted by molar-refractivity contribution is 0.0697. The van der Waals surface area contributed by atoms with Gasteiger partial charge in [0.25, 0.3) is 0 Å². The first-order valence-corrected chi connectivity index (χ1v) is 10.6. The average Bonchev–Trinajstić information content (AvgIpc) is 3.23. The summed E-state index contributed by atoms with van der Waals surface area (Å²) in [6, 6.07) is 18.9. The number of rotatable bonds is 5. The van der Waals surface area contributed by atoms with Gasteiger partial charge in [-0.1, -0.05) is 18.2 Å². The van der Waals surface area contributed by atoms with Gasteiger partial charge in [-0.15, -0.1) is 5.10 Å². The molecule has 3 heterocycles. The van der Waals surface area contributed by atoms with Crippen LogP contribution in [0.3, 0.4) is 0 Å². The van der Waals surface area contributed by atoms with Gasteiger partial charge in [-0.25, -0.2) is 14.3 Å². The second kappa shape index (κ2) is 8.32. The van der Waals surface area contributed by atoms with Crippen LogP contribution in [0.1, 0.15) is 10.4 Å². The monoisotopic (exact) mass is 428 g/mol. The lowest BCUT2D eigenvalue weighted by Gasteiger charge is -2.34. The van der Waals surface area contributed by atoms with Crippen LogP contribution >= 0.6 is 0 Å². The molecule has 8 nitrogen and oxygen atoms in total. The lowest BCUT2D eigenvalue weighted by atomic mass is 10.1. The number of fused-ring (bicyclic) bond motifs is 1. The minimum absolute atomic E-state index is 0.236. The van der Waals surface area contributed by atoms with Crippen molar-refractivity contribution in [1.29, 1.82) is 0 Å². The second-order valence-corrected chi connectivity index (χ2v) is 7.95. The van der Waals surface area contributed by atoms with Crippen molar-refractivity contribution in [3.05, 3.63) is 72.4 Å². The Morgan fingerprint density at radius 3 is 2.47 bits per heavy atom. The fraction of sp³-hybridized carbons (Fsp3) is 0.208. The molecule has 4 aromatic rings. The zero-order chi connectivity index (χ0) is 22.1. The van der Waals surface area contributed by atoms with E-state index >= 15 is 0 Å². The van der Waals surface area contributed by atoms with E-state index in [4.69, 9.17) is 0 Å². The van der Waals surface area contributed by atoms with Crippen LogP contribution in [0.5, 0.6) is 0 Å². The van der Waals surface area contributed by atoms with Crippen LogP contribution in [0.25, 0.3) is 16.8 Å². The van der Waals surface area contributed by atoms with Crippen LogP contribution in [0.4, 0.5) is 17.3 Å². The van der Waals surface area contributed by atoms with Gasteiger partial charge in [-0.2, -0.15) is 0 Å². The Labute approximate surface area is 185 Å². The van der Waals surface area contributed by atoms with Crippen molar-refractivity contribution in [3.8, 4) is 11.3 Å². The van der Waals surface area contributed by atoms with Crippen LogP contribution in [0.15, 0.2) is 66.9 Å². The number of carbonyl (C=O) groups is 1. The Hall–Kier alpha value is -3.91. The summed E-state index contributed by atoms with van der Waals surface area (Å²) in [5.74, 6) is -0.529. The van der Waals surface area contributed by atoms with Crippen LogP contribution < -0.4 is 10.2 Å². The van der Waals surface area contributed by atoms with Gasteiger partial charge >= 0.3 is 5.97 Å². The number of hydrogen-bond donors (Lipinski definition) is 2. The maximum Gasteiger partial charge on any atom is 0.336 e. The molecule has 1 aliphatic rings. The number of nitrogens with one attached hydrogen (secondary N) is 1. The highest BCUT2D eigenvalue weighted by Crippen LogP contribution is 2.26. The Balaban J connectivity index is 1.40. The maximum absolute atomic E-state index is 11.7. The molecule has 0 spiro atoms. The fourth-order valence-electron chi connectivity index (χ4n) is 4.01. The normalized spacial score (nSPS) is 14.6. The smallest absolute Gasteiger partial charge is 0.336 e. The molecule has 0 radical (unpaired) electrons. The van der Waals surface area contributed by atoms with E-state index in [2.05, 4.69) is 44.4 Å². The molecule has 2 aromatic heterocycles. The first-order chi connectivity index (χ1) is 15.6. The zero-order valence-electron chi connectivity index (χ0n) is 17.8. The molecule has 0 aliphatic carbocycles. The summed E-state index contributed by atoms with van der Waals surface area (Å²) in [5, 5.41) is 17.4. The summed E-state index contributed by atoms with van der Waals surface area (Å²) in [4.78, 5) is 20.8. The van der Waals surface area contributed by atoms with E-state index in [0.717, 1.165) is 37.4 Å². The van der Waals surface area contributed by atoms with Crippen molar-refractivity contribution in [3.63, 3.8) is 0 Å². The van der Waals surface area contributed by atoms with Crippen molar-refractivity contribution in [1.82, 2.24) is 19.5 Å². The fourth-order valence-corrected chi connectivity index (χ4v) is 4.01. The molecule has 2 aromatic carbocycles. The molecule has 1 fully saturated rings. The Kier molecular flexibility index (Phi) is 5.20. The van der Waals surface area contributed by atoms with E-state index in [1.165, 1.54) is 5.69 Å². The van der Waals surface area contributed by atoms with Gasteiger partial charge in [0, 0.05) is 43.1 Å². The highest BCUT2D eigenvalue weighted by Gasteiger charge is 2.16. The van der Waals surface area contributed by atoms with Crippen molar-refractivity contribution < 1.29 is 9.90 Å². The molecule has 0 amide bonds. The second-order valence-electron chi connectivity index (χ2n) is 7.95. The predicted octanol–water partition coefficient (Wildman–Crippen LogP) is 3.59. The largest absolute Gasteiger partial charge is 0.478 e. The molecular weight excluding hydrogens is 404 g/mol. The van der Waals surface area contributed by atoms with Crippen LogP contribution in [-0.2, 0) is 0 Å². The number of aromatic carboxylic acids is 1. The number of hydrogen-bond acceptors (Lipinski definition) is 6. The molecule has 1 saturated heterocycles. The predicted molar refractivity (Wildman–Crippen MR) is 125 cm³/mol. The molecule has 8 heteroatoms. The average molecular weight is 428 g/mol. The SMILES string of the molecule is CN1CCN(c2ccc(Nc3ncc4ccc(-c5ccccc5C(=O)O)n4n3)cc2)CC1. The Morgan fingerprint density at radius 2 is 1.72 bits per heavy atom. The van der Waals surface area contributed by atoms with E-state index in [1.54, 1.807) is 28.9 Å². The van der Waals surface area contributed by atoms with Gasteiger partial charge in [0.1, 0.15) is 0 Å². The van der Waals surface area contributed by atoms with Gasteiger partial charge in [-0.05, 0) is 49.5 Å². The molecule has 0 bridgehead atoms. The Bertz CT molecular complexity index is 1260. The van der Waals surface area contributed by atoms with Crippen LogP contribution in [-0.4, -0.2) is 63.8 Å². The third kappa shape index (κ3) is 3.88. The third-order valence-corrected chi connectivity index (χ3v) is 5.82. The molecule has 162 valence electrons. The molecule has 32 heavy (non-hydrogen) atoms. The third-order valence-electron chi connectivity index (χ3n) is 5.82. The van der Waals surface area contributed by atoms with Crippen molar-refractivity contribution in [2.75, 3.05) is 43.4 Å². The van der Waals surface area contributed by atoms with E-state index in [-0.39, 0.29) is 5.56 Å². The summed E-state index contributed by atoms with van der Waals surface area (Å²) < 4.78 is 1.72. The number of piperazine rings is 1. The zero-order valence-corrected chi connectivity index (χ0v) is 17.8. The number of anilines is 3. The summed E-state index contributed by atoms with van der Waals surface area (Å²) in [6.07, 6.45) is 1.72. The lowest BCUT2D eigenvalue weighted by Crippen LogP contribution is -2.44. The van der Waals surface area contributed by atoms with Gasteiger partial charge in [0.2, 0.25) is 5.95 Å². The molecule has 0 atom stereocenters. The standard InChI is InChI=1S/C24H24N6O2/c1-28-12-14-29(15-13-28)18-8-6-17(7-9-18)26-24-25-16-19-10-11-22(30(19)27-24)20-4-2-3-5-21(20)23(31)32/h2-11,16H,12-15H2,1H3,(H,26,27)(H,31,32). The summed E-state index contributed by atoms with van der Waals surface area (Å²) in [6.45, 7) is 4.19. The minimum atomic E-state index is -0.969. The first-order valence-electron chi connectivity index (χ1n) is 10.6. The van der Waals surface area contributed by atoms with Crippen molar-refractivity contribution in [2.45, 2.75) is 0 Å². The van der Waals surface area contributed by atoms with Crippen molar-refractivity contribution >= 4 is 28.8 Å². The molecule has 1 aliphatic heterocycles. The van der Waals surface area contributed by atoms with E-state index in [1.807, 2.05) is 30.3 Å². The van der Waals surface area contributed by atoms with Crippen LogP contribution in [0.2, 0.25) is 0 Å². The molecule has 0 saturated carbocycles. The summed E-state index contributed by atoms with van der Waals surface area (Å²) in [5.41, 5.74) is 4.44. The molecule has 0 unspecified atom stereocenters. The van der Waals surface area contributed by atoms with Crippen LogP contribution in [0, 0.1) is 0 Å². The number of carboxylic acid groups (broad SMARTS) is 1. The number of likely N-dealkylation sites (N-methyl/N-ethyl adjacent to an activating group) is 1. The molecule has 2 N–H and O–H groups in total. The van der Waals surface area contributed by atoms with Gasteiger partial charge in [0.15, 0.2) is 0 Å². The van der Waals surface area contributed by atoms with E-state index < -0.39 is 5.97 Å². The van der Waals surface area contributed by atoms with E-state index in [0.29, 0.717) is 17.2 Å². The number of benzene rings is 2.